The number of alkyl halides is 3. The minimum absolute atomic E-state index is 0.00971. The molecule has 0 radical (unpaired) electrons. The Labute approximate surface area is 195 Å². The molecule has 1 unspecified atom stereocenters. The lowest BCUT2D eigenvalue weighted by Gasteiger charge is -2.20. The van der Waals surface area contributed by atoms with Gasteiger partial charge in [-0.1, -0.05) is 17.7 Å². The molecule has 34 heavy (non-hydrogen) atoms. The van der Waals surface area contributed by atoms with E-state index < -0.39 is 52.9 Å². The van der Waals surface area contributed by atoms with Crippen molar-refractivity contribution in [2.24, 2.45) is 7.05 Å². The maximum atomic E-state index is 15.0. The Bertz CT molecular complexity index is 1210. The van der Waals surface area contributed by atoms with Gasteiger partial charge in [-0.3, -0.25) is 4.79 Å². The zero-order valence-corrected chi connectivity index (χ0v) is 18.8. The largest absolute Gasteiger partial charge is 0.480 e. The van der Waals surface area contributed by atoms with Crippen molar-refractivity contribution in [1.29, 1.82) is 0 Å². The number of aliphatic hydroxyl groups excluding tert-OH is 1. The number of halogens is 6. The highest BCUT2D eigenvalue weighted by atomic mass is 35.5. The molecule has 0 spiro atoms. The third-order valence-corrected chi connectivity index (χ3v) is 5.16. The number of hydrogen-bond acceptors (Lipinski definition) is 4. The summed E-state index contributed by atoms with van der Waals surface area (Å²) in [6, 6.07) is 5.14. The SMILES string of the molecule is CC(O)c1nc(-c2cc(O[C@@H](C)C(F)(F)F)c(C(=O)Nc3c(F)cccc3Cl)cc2F)cn1C. The highest BCUT2D eigenvalue weighted by Gasteiger charge is 2.39. The van der Waals surface area contributed by atoms with E-state index in [1.54, 1.807) is 7.05 Å². The van der Waals surface area contributed by atoms with Gasteiger partial charge in [-0.15, -0.1) is 0 Å². The second-order valence-electron chi connectivity index (χ2n) is 7.45. The fraction of sp³-hybridized carbons (Fsp3) is 0.273. The molecule has 0 aliphatic heterocycles. The molecule has 3 aromatic rings. The van der Waals surface area contributed by atoms with E-state index in [1.807, 2.05) is 0 Å². The Morgan fingerprint density at radius 2 is 1.88 bits per heavy atom. The summed E-state index contributed by atoms with van der Waals surface area (Å²) in [6.45, 7) is 2.15. The standard InChI is InChI=1S/C22H19ClF5N3O3/c1-10(32)20-29-17(9-31(20)3)12-8-18(34-11(2)22(26,27)28)13(7-16(12)25)21(33)30-19-14(23)5-4-6-15(19)24/h4-11,32H,1-3H3,(H,30,33)/t10?,11-/m0/s1. The van der Waals surface area contributed by atoms with Crippen LogP contribution in [0.4, 0.5) is 27.6 Å². The van der Waals surface area contributed by atoms with Gasteiger partial charge in [-0.05, 0) is 38.1 Å². The quantitative estimate of drug-likeness (QED) is 0.426. The number of carbonyl (C=O) groups excluding carboxylic acids is 1. The summed E-state index contributed by atoms with van der Waals surface area (Å²) >= 11 is 5.88. The van der Waals surface area contributed by atoms with Crippen molar-refractivity contribution in [2.75, 3.05) is 5.32 Å². The predicted molar refractivity (Wildman–Crippen MR) is 115 cm³/mol. The molecule has 3 rings (SSSR count). The van der Waals surface area contributed by atoms with Gasteiger partial charge in [-0.25, -0.2) is 13.8 Å². The molecule has 0 saturated carbocycles. The van der Waals surface area contributed by atoms with Crippen molar-refractivity contribution in [3.63, 3.8) is 0 Å². The van der Waals surface area contributed by atoms with Crippen LogP contribution >= 0.6 is 11.6 Å². The summed E-state index contributed by atoms with van der Waals surface area (Å²) in [4.78, 5) is 16.9. The summed E-state index contributed by atoms with van der Waals surface area (Å²) in [5.41, 5.74) is -1.33. The minimum atomic E-state index is -4.79. The summed E-state index contributed by atoms with van der Waals surface area (Å²) in [5.74, 6) is -3.49. The average molecular weight is 504 g/mol. The zero-order chi connectivity index (χ0) is 25.4. The summed E-state index contributed by atoms with van der Waals surface area (Å²) in [6.07, 6.45) is -6.79. The van der Waals surface area contributed by atoms with Gasteiger partial charge in [0.15, 0.2) is 6.10 Å². The molecule has 0 fully saturated rings. The zero-order valence-electron chi connectivity index (χ0n) is 18.0. The lowest BCUT2D eigenvalue weighted by atomic mass is 10.1. The molecule has 12 heteroatoms. The number of hydrogen-bond donors (Lipinski definition) is 2. The van der Waals surface area contributed by atoms with Gasteiger partial charge in [0.05, 0.1) is 22.0 Å². The Morgan fingerprint density at radius 3 is 2.44 bits per heavy atom. The van der Waals surface area contributed by atoms with Crippen LogP contribution in [-0.4, -0.2) is 32.8 Å². The number of rotatable bonds is 6. The number of nitrogens with one attached hydrogen (secondary N) is 1. The second-order valence-corrected chi connectivity index (χ2v) is 7.86. The van der Waals surface area contributed by atoms with Crippen LogP contribution in [0.25, 0.3) is 11.3 Å². The molecule has 2 N–H and O–H groups in total. The minimum Gasteiger partial charge on any atom is -0.480 e. The number of amides is 1. The lowest BCUT2D eigenvalue weighted by molar-refractivity contribution is -0.189. The van der Waals surface area contributed by atoms with E-state index in [1.165, 1.54) is 29.8 Å². The van der Waals surface area contributed by atoms with E-state index >= 15 is 4.39 Å². The molecule has 1 amide bonds. The number of nitrogens with zero attached hydrogens (tertiary/aromatic N) is 2. The Balaban J connectivity index is 2.10. The molecule has 1 aromatic heterocycles. The van der Waals surface area contributed by atoms with Crippen molar-refractivity contribution >= 4 is 23.2 Å². The fourth-order valence-corrected chi connectivity index (χ4v) is 3.29. The summed E-state index contributed by atoms with van der Waals surface area (Å²) in [5, 5.41) is 11.7. The van der Waals surface area contributed by atoms with Gasteiger partial charge in [0.1, 0.15) is 29.3 Å². The van der Waals surface area contributed by atoms with Crippen LogP contribution in [0.1, 0.15) is 36.1 Å². The van der Waals surface area contributed by atoms with Crippen molar-refractivity contribution < 1.29 is 36.6 Å². The lowest BCUT2D eigenvalue weighted by Crippen LogP contribution is -2.32. The molecule has 2 aromatic carbocycles. The van der Waals surface area contributed by atoms with E-state index in [9.17, 15) is 27.5 Å². The molecule has 1 heterocycles. The first-order valence-corrected chi connectivity index (χ1v) is 10.2. The topological polar surface area (TPSA) is 76.4 Å². The van der Waals surface area contributed by atoms with Crippen LogP contribution in [0.15, 0.2) is 36.5 Å². The Kier molecular flexibility index (Phi) is 7.18. The first kappa shape index (κ1) is 25.4. The first-order valence-electron chi connectivity index (χ1n) is 9.83. The van der Waals surface area contributed by atoms with Crippen LogP contribution in [0.3, 0.4) is 0 Å². The second kappa shape index (κ2) is 9.59. The number of aliphatic hydroxyl groups is 1. The normalized spacial score (nSPS) is 13.5. The van der Waals surface area contributed by atoms with Crippen molar-refractivity contribution in [3.8, 4) is 17.0 Å². The van der Waals surface area contributed by atoms with Gasteiger partial charge < -0.3 is 19.7 Å². The molecule has 0 aliphatic rings. The molecule has 6 nitrogen and oxygen atoms in total. The third kappa shape index (κ3) is 5.31. The van der Waals surface area contributed by atoms with E-state index in [0.717, 1.165) is 12.1 Å². The van der Waals surface area contributed by atoms with Crippen LogP contribution in [0, 0.1) is 11.6 Å². The fourth-order valence-electron chi connectivity index (χ4n) is 3.08. The molecule has 0 aliphatic carbocycles. The number of imidazole rings is 1. The highest BCUT2D eigenvalue weighted by molar-refractivity contribution is 6.34. The van der Waals surface area contributed by atoms with Crippen LogP contribution in [0.2, 0.25) is 5.02 Å². The first-order chi connectivity index (χ1) is 15.8. The highest BCUT2D eigenvalue weighted by Crippen LogP contribution is 2.35. The molecule has 0 saturated heterocycles. The Hall–Kier alpha value is -3.18. The summed E-state index contributed by atoms with van der Waals surface area (Å²) < 4.78 is 75.0. The smallest absolute Gasteiger partial charge is 0.425 e. The van der Waals surface area contributed by atoms with Crippen molar-refractivity contribution in [3.05, 3.63) is 64.6 Å². The van der Waals surface area contributed by atoms with Crippen LogP contribution in [0.5, 0.6) is 5.75 Å². The van der Waals surface area contributed by atoms with E-state index in [0.29, 0.717) is 13.0 Å². The maximum Gasteiger partial charge on any atom is 0.425 e. The monoisotopic (exact) mass is 503 g/mol. The number of aromatic nitrogens is 2. The molecular formula is C22H19ClF5N3O3. The number of ether oxygens (including phenoxy) is 1. The molecule has 2 atom stereocenters. The number of anilines is 1. The van der Waals surface area contributed by atoms with Gasteiger partial charge in [0.25, 0.3) is 5.91 Å². The van der Waals surface area contributed by atoms with Crippen LogP contribution in [-0.2, 0) is 7.05 Å². The molecule has 182 valence electrons. The number of benzene rings is 2. The van der Waals surface area contributed by atoms with Crippen LogP contribution < -0.4 is 10.1 Å². The number of carbonyl (C=O) groups is 1. The average Bonchev–Trinajstić information content (AvgIpc) is 3.12. The third-order valence-electron chi connectivity index (χ3n) is 4.84. The van der Waals surface area contributed by atoms with Crippen molar-refractivity contribution in [1.82, 2.24) is 9.55 Å². The van der Waals surface area contributed by atoms with Gasteiger partial charge in [-0.2, -0.15) is 13.2 Å². The number of aryl methyl sites for hydroxylation is 1. The predicted octanol–water partition coefficient (Wildman–Crippen LogP) is 5.65. The Morgan fingerprint density at radius 1 is 1.21 bits per heavy atom. The van der Waals surface area contributed by atoms with E-state index in [4.69, 9.17) is 16.3 Å². The summed E-state index contributed by atoms with van der Waals surface area (Å²) in [7, 11) is 1.54. The maximum absolute atomic E-state index is 15.0. The van der Waals surface area contributed by atoms with Gasteiger partial charge in [0, 0.05) is 18.8 Å². The van der Waals surface area contributed by atoms with Gasteiger partial charge >= 0.3 is 6.18 Å². The molecule has 0 bridgehead atoms. The van der Waals surface area contributed by atoms with E-state index in [-0.39, 0.29) is 22.1 Å². The van der Waals surface area contributed by atoms with Crippen molar-refractivity contribution in [2.45, 2.75) is 32.2 Å². The molecular weight excluding hydrogens is 485 g/mol. The van der Waals surface area contributed by atoms with E-state index in [2.05, 4.69) is 10.3 Å². The van der Waals surface area contributed by atoms with Gasteiger partial charge in [0.2, 0.25) is 0 Å². The number of para-hydroxylation sites is 1.